The minimum atomic E-state index is 0.872. The lowest BCUT2D eigenvalue weighted by molar-refractivity contribution is 0.533. The van der Waals surface area contributed by atoms with Crippen LogP contribution < -0.4 is 11.1 Å². The van der Waals surface area contributed by atoms with E-state index in [1.807, 2.05) is 12.1 Å². The van der Waals surface area contributed by atoms with Crippen LogP contribution in [-0.4, -0.2) is 13.1 Å². The first-order valence-corrected chi connectivity index (χ1v) is 5.40. The summed E-state index contributed by atoms with van der Waals surface area (Å²) in [4.78, 5) is 0. The Hall–Kier alpha value is -1.02. The normalized spacial score (nSPS) is 21.3. The Morgan fingerprint density at radius 1 is 1.43 bits per heavy atom. The summed E-state index contributed by atoms with van der Waals surface area (Å²) in [6.45, 7) is 2.39. The number of anilines is 1. The van der Waals surface area contributed by atoms with Gasteiger partial charge in [0.25, 0.3) is 0 Å². The largest absolute Gasteiger partial charge is 0.399 e. The topological polar surface area (TPSA) is 38.0 Å². The van der Waals surface area contributed by atoms with Crippen molar-refractivity contribution in [1.82, 2.24) is 5.32 Å². The van der Waals surface area contributed by atoms with Gasteiger partial charge in [-0.25, -0.2) is 0 Å². The van der Waals surface area contributed by atoms with Crippen LogP contribution in [0.1, 0.15) is 18.4 Å². The molecule has 3 N–H and O–H groups in total. The third kappa shape index (κ3) is 2.48. The van der Waals surface area contributed by atoms with Crippen LogP contribution in [0, 0.1) is 5.92 Å². The monoisotopic (exact) mass is 190 g/mol. The van der Waals surface area contributed by atoms with Crippen LogP contribution in [0.3, 0.4) is 0 Å². The molecule has 1 fully saturated rings. The summed E-state index contributed by atoms with van der Waals surface area (Å²) in [5.41, 5.74) is 7.98. The highest BCUT2D eigenvalue weighted by molar-refractivity contribution is 5.40. The predicted octanol–water partition coefficient (Wildman–Crippen LogP) is 1.81. The summed E-state index contributed by atoms with van der Waals surface area (Å²) >= 11 is 0. The molecule has 1 heterocycles. The van der Waals surface area contributed by atoms with E-state index in [4.69, 9.17) is 5.73 Å². The van der Waals surface area contributed by atoms with Crippen molar-refractivity contribution in [3.05, 3.63) is 29.8 Å². The van der Waals surface area contributed by atoms with Crippen LogP contribution in [-0.2, 0) is 6.42 Å². The molecule has 0 bridgehead atoms. The summed E-state index contributed by atoms with van der Waals surface area (Å²) in [5, 5.41) is 3.40. The van der Waals surface area contributed by atoms with Gasteiger partial charge in [-0.3, -0.25) is 0 Å². The summed E-state index contributed by atoms with van der Waals surface area (Å²) in [7, 11) is 0. The molecule has 1 aromatic carbocycles. The highest BCUT2D eigenvalue weighted by Gasteiger charge is 2.13. The van der Waals surface area contributed by atoms with Crippen molar-refractivity contribution >= 4 is 5.69 Å². The number of nitrogens with two attached hydrogens (primary N) is 1. The molecular weight excluding hydrogens is 172 g/mol. The number of hydrogen-bond acceptors (Lipinski definition) is 2. The lowest BCUT2D eigenvalue weighted by Gasteiger charge is -2.07. The summed E-state index contributed by atoms with van der Waals surface area (Å²) in [6.07, 6.45) is 3.79. The Balaban J connectivity index is 1.85. The van der Waals surface area contributed by atoms with Gasteiger partial charge >= 0.3 is 0 Å². The van der Waals surface area contributed by atoms with Gasteiger partial charge in [0.15, 0.2) is 0 Å². The second-order valence-electron chi connectivity index (χ2n) is 4.14. The molecule has 0 amide bonds. The van der Waals surface area contributed by atoms with Crippen LogP contribution in [0.15, 0.2) is 24.3 Å². The van der Waals surface area contributed by atoms with E-state index < -0.39 is 0 Å². The van der Waals surface area contributed by atoms with E-state index in [-0.39, 0.29) is 0 Å². The third-order valence-corrected chi connectivity index (χ3v) is 2.95. The fourth-order valence-corrected chi connectivity index (χ4v) is 2.08. The van der Waals surface area contributed by atoms with E-state index in [1.54, 1.807) is 0 Å². The average Bonchev–Trinajstić information content (AvgIpc) is 2.67. The van der Waals surface area contributed by atoms with Gasteiger partial charge in [0.2, 0.25) is 0 Å². The molecule has 1 aromatic rings. The predicted molar refractivity (Wildman–Crippen MR) is 60.2 cm³/mol. The van der Waals surface area contributed by atoms with E-state index in [2.05, 4.69) is 17.4 Å². The first-order valence-electron chi connectivity index (χ1n) is 5.40. The molecule has 0 saturated carbocycles. The van der Waals surface area contributed by atoms with E-state index in [1.165, 1.54) is 31.5 Å². The number of aryl methyl sites for hydroxylation is 1. The van der Waals surface area contributed by atoms with Crippen molar-refractivity contribution in [2.24, 2.45) is 5.92 Å². The molecule has 1 aliphatic heterocycles. The molecule has 76 valence electrons. The van der Waals surface area contributed by atoms with Gasteiger partial charge in [-0.1, -0.05) is 12.1 Å². The lowest BCUT2D eigenvalue weighted by atomic mass is 9.99. The molecule has 0 aromatic heterocycles. The van der Waals surface area contributed by atoms with Gasteiger partial charge in [-0.15, -0.1) is 0 Å². The third-order valence-electron chi connectivity index (χ3n) is 2.95. The van der Waals surface area contributed by atoms with Gasteiger partial charge in [0.05, 0.1) is 0 Å². The average molecular weight is 190 g/mol. The Bertz CT molecular complexity index is 290. The van der Waals surface area contributed by atoms with Gasteiger partial charge < -0.3 is 11.1 Å². The number of benzene rings is 1. The molecule has 0 spiro atoms. The maximum Gasteiger partial charge on any atom is 0.0316 e. The van der Waals surface area contributed by atoms with Crippen molar-refractivity contribution < 1.29 is 0 Å². The smallest absolute Gasteiger partial charge is 0.0316 e. The van der Waals surface area contributed by atoms with Crippen molar-refractivity contribution in [1.29, 1.82) is 0 Å². The van der Waals surface area contributed by atoms with E-state index in [0.717, 1.165) is 18.0 Å². The highest BCUT2D eigenvalue weighted by Crippen LogP contribution is 2.16. The van der Waals surface area contributed by atoms with E-state index in [0.29, 0.717) is 0 Å². The summed E-state index contributed by atoms with van der Waals surface area (Å²) in [5.74, 6) is 0.872. The lowest BCUT2D eigenvalue weighted by Crippen LogP contribution is -2.09. The molecule has 0 radical (unpaired) electrons. The minimum absolute atomic E-state index is 0.872. The van der Waals surface area contributed by atoms with E-state index >= 15 is 0 Å². The van der Waals surface area contributed by atoms with Gasteiger partial charge in [-0.05, 0) is 56.0 Å². The number of hydrogen-bond donors (Lipinski definition) is 2. The molecule has 0 aliphatic carbocycles. The zero-order valence-electron chi connectivity index (χ0n) is 8.50. The molecule has 1 aliphatic rings. The molecule has 1 unspecified atom stereocenters. The second-order valence-corrected chi connectivity index (χ2v) is 4.14. The molecule has 1 atom stereocenters. The molecule has 2 nitrogen and oxygen atoms in total. The molecule has 1 saturated heterocycles. The summed E-state index contributed by atoms with van der Waals surface area (Å²) in [6, 6.07) is 8.24. The van der Waals surface area contributed by atoms with Crippen LogP contribution in [0.4, 0.5) is 5.69 Å². The maximum absolute atomic E-state index is 5.73. The Kier molecular flexibility index (Phi) is 3.04. The second kappa shape index (κ2) is 4.47. The zero-order valence-corrected chi connectivity index (χ0v) is 8.50. The maximum atomic E-state index is 5.73. The molecular formula is C12H18N2. The standard InChI is InChI=1S/C12H18N2/c13-12-3-1-2-10(8-12)4-5-11-6-7-14-9-11/h1-3,8,11,14H,4-7,9,13H2. The fraction of sp³-hybridized carbons (Fsp3) is 0.500. The number of nitrogens with one attached hydrogen (secondary N) is 1. The minimum Gasteiger partial charge on any atom is -0.399 e. The van der Waals surface area contributed by atoms with Crippen molar-refractivity contribution in [2.45, 2.75) is 19.3 Å². The highest BCUT2D eigenvalue weighted by atomic mass is 14.9. The molecule has 2 heteroatoms. The van der Waals surface area contributed by atoms with Crippen LogP contribution >= 0.6 is 0 Å². The quantitative estimate of drug-likeness (QED) is 0.713. The Labute approximate surface area is 85.5 Å². The first kappa shape index (κ1) is 9.53. The molecule has 2 rings (SSSR count). The van der Waals surface area contributed by atoms with Crippen LogP contribution in [0.25, 0.3) is 0 Å². The van der Waals surface area contributed by atoms with Gasteiger partial charge in [0, 0.05) is 5.69 Å². The van der Waals surface area contributed by atoms with E-state index in [9.17, 15) is 0 Å². The SMILES string of the molecule is Nc1cccc(CCC2CCNC2)c1. The Morgan fingerprint density at radius 2 is 2.36 bits per heavy atom. The van der Waals surface area contributed by atoms with Crippen LogP contribution in [0.5, 0.6) is 0 Å². The first-order chi connectivity index (χ1) is 6.84. The van der Waals surface area contributed by atoms with Crippen molar-refractivity contribution in [3.63, 3.8) is 0 Å². The summed E-state index contributed by atoms with van der Waals surface area (Å²) < 4.78 is 0. The Morgan fingerprint density at radius 3 is 3.07 bits per heavy atom. The molecule has 14 heavy (non-hydrogen) atoms. The van der Waals surface area contributed by atoms with Gasteiger partial charge in [0.1, 0.15) is 0 Å². The van der Waals surface area contributed by atoms with Crippen LogP contribution in [0.2, 0.25) is 0 Å². The fourth-order valence-electron chi connectivity index (χ4n) is 2.08. The van der Waals surface area contributed by atoms with Gasteiger partial charge in [-0.2, -0.15) is 0 Å². The number of rotatable bonds is 3. The number of nitrogen functional groups attached to an aromatic ring is 1. The van der Waals surface area contributed by atoms with Crippen molar-refractivity contribution in [2.75, 3.05) is 18.8 Å². The zero-order chi connectivity index (χ0) is 9.80. The van der Waals surface area contributed by atoms with Crippen molar-refractivity contribution in [3.8, 4) is 0 Å².